The molecule has 6 aliphatic rings. The molecule has 0 aromatic carbocycles. The molecule has 0 radical (unpaired) electrons. The van der Waals surface area contributed by atoms with Crippen LogP contribution in [0, 0.1) is 41.4 Å². The zero-order valence-electron chi connectivity index (χ0n) is 35.6. The van der Waals surface area contributed by atoms with Gasteiger partial charge in [-0.1, -0.05) is 0 Å². The van der Waals surface area contributed by atoms with Crippen LogP contribution in [0.25, 0.3) is 0 Å². The van der Waals surface area contributed by atoms with Crippen LogP contribution in [-0.4, -0.2) is 102 Å². The Kier molecular flexibility index (Phi) is 19.4. The van der Waals surface area contributed by atoms with Crippen molar-refractivity contribution in [2.45, 2.75) is 126 Å². The fourth-order valence-electron chi connectivity index (χ4n) is 7.90. The average molecular weight is 948 g/mol. The summed E-state index contributed by atoms with van der Waals surface area (Å²) in [6.07, 6.45) is 6.85. The number of carbonyl (C=O) groups is 7. The number of nitrogens with zero attached hydrogens (tertiary/aromatic N) is 2. The standard InChI is InChI=1S/C14H19F2NO4.C13H16F2N2O3.C9H16N2O3.C4H4F2O2.ClH/c1-21-13(20)9-4-2-8(3-5-9)12(19)17-7-11(18)10-6-14(10,15)16;1-19-12(18)8-4-2-7(3-5-8)10-16-17-11(20-10)9-6-13(9,14)15;1-14-9(13)7-4-2-6(3-5-7)8(12)11-10;5-4(6)1-2(4)3(7)8;/h8-10H,2-7H2,1H3,(H,17,19);7-9H,2-6H2,1H3;6-7H,2-5,10H2,1H3,(H,11,12);2H,1H2,(H,7,8);1H. The molecule has 7 rings (SSSR count). The summed E-state index contributed by atoms with van der Waals surface area (Å²) in [5.74, 6) is -10.1. The van der Waals surface area contributed by atoms with E-state index in [4.69, 9.17) is 20.1 Å². The van der Waals surface area contributed by atoms with Crippen molar-refractivity contribution in [3.8, 4) is 0 Å². The van der Waals surface area contributed by atoms with Gasteiger partial charge < -0.3 is 29.1 Å². The van der Waals surface area contributed by atoms with Gasteiger partial charge in [-0.3, -0.25) is 39.0 Å². The fraction of sp³-hybridized carbons (Fsp3) is 0.775. The van der Waals surface area contributed by atoms with E-state index in [1.807, 2.05) is 0 Å². The molecule has 6 saturated carbocycles. The molecule has 0 spiro atoms. The van der Waals surface area contributed by atoms with Crippen LogP contribution in [0.3, 0.4) is 0 Å². The van der Waals surface area contributed by atoms with Gasteiger partial charge >= 0.3 is 23.9 Å². The van der Waals surface area contributed by atoms with Crippen molar-refractivity contribution >= 4 is 53.9 Å². The largest absolute Gasteiger partial charge is 0.481 e. The minimum absolute atomic E-state index is 0. The van der Waals surface area contributed by atoms with Crippen molar-refractivity contribution in [3.05, 3.63) is 11.8 Å². The summed E-state index contributed by atoms with van der Waals surface area (Å²) in [4.78, 5) is 78.1. The second kappa shape index (κ2) is 23.1. The predicted octanol–water partition coefficient (Wildman–Crippen LogP) is 5.05. The van der Waals surface area contributed by atoms with Gasteiger partial charge in [-0.2, -0.15) is 0 Å². The first kappa shape index (κ1) is 53.8. The Hall–Kier alpha value is -4.54. The number of hydrazine groups is 1. The molecule has 17 nitrogen and oxygen atoms in total. The Morgan fingerprint density at radius 1 is 0.609 bits per heavy atom. The molecule has 64 heavy (non-hydrogen) atoms. The summed E-state index contributed by atoms with van der Waals surface area (Å²) in [6, 6.07) is 0. The van der Waals surface area contributed by atoms with Crippen LogP contribution in [0.4, 0.5) is 26.3 Å². The highest BCUT2D eigenvalue weighted by molar-refractivity contribution is 5.90. The number of aromatic nitrogens is 2. The normalized spacial score (nSPS) is 29.8. The highest BCUT2D eigenvalue weighted by atomic mass is 35.5. The lowest BCUT2D eigenvalue weighted by Gasteiger charge is -2.25. The van der Waals surface area contributed by atoms with E-state index in [0.29, 0.717) is 70.1 Å². The third-order valence-electron chi connectivity index (χ3n) is 12.4. The van der Waals surface area contributed by atoms with Gasteiger partial charge in [-0.05, 0) is 77.0 Å². The van der Waals surface area contributed by atoms with Crippen LogP contribution in [0.1, 0.15) is 120 Å². The number of esters is 3. The van der Waals surface area contributed by atoms with Crippen molar-refractivity contribution in [2.75, 3.05) is 27.9 Å². The lowest BCUT2D eigenvalue weighted by Crippen LogP contribution is -2.38. The first-order valence-electron chi connectivity index (χ1n) is 20.8. The van der Waals surface area contributed by atoms with Gasteiger partial charge in [0, 0.05) is 37.0 Å². The zero-order valence-corrected chi connectivity index (χ0v) is 36.4. The molecule has 5 N–H and O–H groups in total. The predicted molar refractivity (Wildman–Crippen MR) is 210 cm³/mol. The van der Waals surface area contributed by atoms with E-state index >= 15 is 0 Å². The Balaban J connectivity index is 0.000000237. The number of ether oxygens (including phenoxy) is 3. The molecule has 0 saturated heterocycles. The lowest BCUT2D eigenvalue weighted by molar-refractivity contribution is -0.148. The van der Waals surface area contributed by atoms with E-state index in [0.717, 1.165) is 12.8 Å². The number of halogens is 7. The number of rotatable bonds is 11. The number of carbonyl (C=O) groups excluding carboxylic acids is 6. The van der Waals surface area contributed by atoms with Gasteiger partial charge in [0.2, 0.25) is 23.6 Å². The summed E-state index contributed by atoms with van der Waals surface area (Å²) >= 11 is 0. The first-order valence-corrected chi connectivity index (χ1v) is 20.8. The minimum Gasteiger partial charge on any atom is -0.481 e. The molecule has 3 atom stereocenters. The lowest BCUT2D eigenvalue weighted by atomic mass is 9.81. The maximum atomic E-state index is 12.9. The van der Waals surface area contributed by atoms with Gasteiger partial charge in [0.25, 0.3) is 17.8 Å². The summed E-state index contributed by atoms with van der Waals surface area (Å²) in [5.41, 5.74) is 2.14. The number of ketones is 1. The molecule has 3 unspecified atom stereocenters. The molecule has 1 heterocycles. The van der Waals surface area contributed by atoms with Crippen molar-refractivity contribution in [1.82, 2.24) is 20.9 Å². The number of methoxy groups -OCH3 is 3. The molecule has 2 amide bonds. The fourth-order valence-corrected chi connectivity index (χ4v) is 7.90. The molecule has 6 fully saturated rings. The number of nitrogens with two attached hydrogens (primary N) is 1. The molecular formula is C40H56ClF6N5O12. The summed E-state index contributed by atoms with van der Waals surface area (Å²) < 4.78 is 94.0. The Morgan fingerprint density at radius 3 is 1.30 bits per heavy atom. The highest BCUT2D eigenvalue weighted by Crippen LogP contribution is 2.55. The Morgan fingerprint density at radius 2 is 0.969 bits per heavy atom. The van der Waals surface area contributed by atoms with Crippen LogP contribution < -0.4 is 16.6 Å². The summed E-state index contributed by atoms with van der Waals surface area (Å²) in [6.45, 7) is -0.337. The van der Waals surface area contributed by atoms with E-state index in [2.05, 4.69) is 30.4 Å². The number of Topliss-reactive ketones (excluding diaryl/α,β-unsaturated/α-hetero) is 1. The maximum absolute atomic E-state index is 12.9. The van der Waals surface area contributed by atoms with Gasteiger partial charge in [-0.15, -0.1) is 22.6 Å². The van der Waals surface area contributed by atoms with Gasteiger partial charge in [0.1, 0.15) is 11.8 Å². The smallest absolute Gasteiger partial charge is 0.312 e. The molecule has 0 bridgehead atoms. The number of alkyl halides is 6. The molecule has 1 aromatic rings. The van der Waals surface area contributed by atoms with E-state index in [1.54, 1.807) is 0 Å². The van der Waals surface area contributed by atoms with E-state index < -0.39 is 60.1 Å². The molecule has 362 valence electrons. The van der Waals surface area contributed by atoms with Crippen molar-refractivity contribution in [3.63, 3.8) is 0 Å². The highest BCUT2D eigenvalue weighted by Gasteiger charge is 2.62. The van der Waals surface area contributed by atoms with Gasteiger partial charge in [0.15, 0.2) is 5.78 Å². The Bertz CT molecular complexity index is 1780. The SMILES string of the molecule is COC(=O)C1CCC(C(=O)NCC(=O)C2CC2(F)F)CC1.COC(=O)C1CCC(C(=O)NN)CC1.COC(=O)C1CCC(c2nnc(C3CC3(F)F)o2)CC1.Cl.O=C(O)C1CC1(F)F. The monoisotopic (exact) mass is 947 g/mol. The number of hydrogen-bond acceptors (Lipinski definition) is 14. The van der Waals surface area contributed by atoms with E-state index in [-0.39, 0.29) is 96.5 Å². The quantitative estimate of drug-likeness (QED) is 0.0566. The number of carboxylic acid groups (broad SMARTS) is 1. The zero-order chi connectivity index (χ0) is 46.9. The van der Waals surface area contributed by atoms with E-state index in [9.17, 15) is 59.9 Å². The maximum Gasteiger partial charge on any atom is 0.312 e. The van der Waals surface area contributed by atoms with Crippen LogP contribution in [0.15, 0.2) is 4.42 Å². The van der Waals surface area contributed by atoms with Gasteiger partial charge in [-0.25, -0.2) is 32.2 Å². The topological polar surface area (TPSA) is 256 Å². The second-order valence-electron chi connectivity index (χ2n) is 16.8. The molecule has 1 aromatic heterocycles. The first-order chi connectivity index (χ1) is 29.6. The van der Waals surface area contributed by atoms with Crippen LogP contribution in [0.2, 0.25) is 0 Å². The summed E-state index contributed by atoms with van der Waals surface area (Å²) in [5, 5.41) is 18.0. The summed E-state index contributed by atoms with van der Waals surface area (Å²) in [7, 11) is 4.11. The number of carboxylic acids is 1. The molecule has 24 heteroatoms. The van der Waals surface area contributed by atoms with Gasteiger partial charge in [0.05, 0.1) is 51.5 Å². The van der Waals surface area contributed by atoms with Crippen LogP contribution in [0.5, 0.6) is 0 Å². The second-order valence-corrected chi connectivity index (χ2v) is 16.8. The number of nitrogens with one attached hydrogen (secondary N) is 2. The molecular weight excluding hydrogens is 892 g/mol. The minimum atomic E-state index is -2.91. The number of amides is 2. The van der Waals surface area contributed by atoms with Crippen molar-refractivity contribution in [2.24, 2.45) is 47.3 Å². The van der Waals surface area contributed by atoms with E-state index in [1.165, 1.54) is 21.3 Å². The molecule has 0 aliphatic heterocycles. The number of aliphatic carboxylic acids is 1. The van der Waals surface area contributed by atoms with Crippen molar-refractivity contribution < 1.29 is 83.6 Å². The number of hydrogen-bond donors (Lipinski definition) is 4. The van der Waals surface area contributed by atoms with Crippen molar-refractivity contribution in [1.29, 1.82) is 0 Å². The Labute approximate surface area is 370 Å². The third-order valence-corrected chi connectivity index (χ3v) is 12.4. The van der Waals surface area contributed by atoms with Crippen LogP contribution >= 0.6 is 12.4 Å². The average Bonchev–Trinajstić information content (AvgIpc) is 4.20. The van der Waals surface area contributed by atoms with Crippen LogP contribution in [-0.2, 0) is 47.8 Å². The third kappa shape index (κ3) is 15.0. The molecule has 6 aliphatic carbocycles.